The van der Waals surface area contributed by atoms with Gasteiger partial charge in [-0.05, 0) is 47.5 Å². The van der Waals surface area contributed by atoms with Gasteiger partial charge in [0.15, 0.2) is 5.82 Å². The topological polar surface area (TPSA) is 64.7 Å². The number of carbonyl (C=O) groups excluding carboxylic acids is 1. The number of benzene rings is 1. The van der Waals surface area contributed by atoms with Crippen LogP contribution < -0.4 is 5.32 Å². The maximum absolute atomic E-state index is 12.6. The van der Waals surface area contributed by atoms with Crippen molar-refractivity contribution in [1.29, 1.82) is 0 Å². The Bertz CT molecular complexity index is 995. The summed E-state index contributed by atoms with van der Waals surface area (Å²) in [5.74, 6) is 0.200. The summed E-state index contributed by atoms with van der Waals surface area (Å²) in [5.41, 5.74) is 2.98. The molecule has 1 N–H and O–H groups in total. The van der Waals surface area contributed by atoms with Gasteiger partial charge >= 0.3 is 0 Å². The summed E-state index contributed by atoms with van der Waals surface area (Å²) < 4.78 is 4.08. The highest BCUT2D eigenvalue weighted by Crippen LogP contribution is 2.25. The molecule has 0 radical (unpaired) electrons. The van der Waals surface area contributed by atoms with Gasteiger partial charge < -0.3 is 5.32 Å². The molecule has 3 aromatic rings. The second-order valence-corrected chi connectivity index (χ2v) is 7.56. The van der Waals surface area contributed by atoms with Crippen LogP contribution in [0.25, 0.3) is 0 Å². The molecule has 26 heavy (non-hydrogen) atoms. The Morgan fingerprint density at radius 2 is 1.96 bits per heavy atom. The molecule has 1 aromatic carbocycles. The Labute approximate surface area is 169 Å². The molecule has 2 heterocycles. The van der Waals surface area contributed by atoms with Crippen molar-refractivity contribution in [2.24, 2.45) is 7.05 Å². The van der Waals surface area contributed by atoms with E-state index >= 15 is 0 Å². The van der Waals surface area contributed by atoms with Gasteiger partial charge in [-0.2, -0.15) is 10.2 Å². The number of halogens is 3. The third-order valence-electron chi connectivity index (χ3n) is 4.01. The van der Waals surface area contributed by atoms with Crippen molar-refractivity contribution < 1.29 is 4.79 Å². The largest absolute Gasteiger partial charge is 0.304 e. The number of amides is 1. The molecule has 9 heteroatoms. The molecule has 0 fully saturated rings. The molecular formula is C17H16BrCl2N5O. The van der Waals surface area contributed by atoms with Crippen molar-refractivity contribution in [3.8, 4) is 0 Å². The molecule has 0 aliphatic carbocycles. The van der Waals surface area contributed by atoms with Crippen LogP contribution in [0, 0.1) is 13.8 Å². The zero-order valence-corrected chi connectivity index (χ0v) is 17.4. The number of anilines is 1. The lowest BCUT2D eigenvalue weighted by Gasteiger charge is -2.05. The first-order chi connectivity index (χ1) is 12.3. The Kier molecular flexibility index (Phi) is 5.41. The quantitative estimate of drug-likeness (QED) is 0.623. The molecule has 0 aliphatic heterocycles. The average Bonchev–Trinajstić information content (AvgIpc) is 3.02. The lowest BCUT2D eigenvalue weighted by Crippen LogP contribution is -2.15. The number of rotatable bonds is 4. The van der Waals surface area contributed by atoms with Crippen molar-refractivity contribution in [2.75, 3.05) is 5.32 Å². The van der Waals surface area contributed by atoms with Crippen molar-refractivity contribution in [2.45, 2.75) is 20.4 Å². The SMILES string of the molecule is Cc1nn(C)c(C)c1C(=O)Nc1nn(Cc2ccc(Cl)c(Cl)c2)cc1Br. The van der Waals surface area contributed by atoms with Crippen LogP contribution in [-0.2, 0) is 13.6 Å². The zero-order valence-electron chi connectivity index (χ0n) is 14.3. The highest BCUT2D eigenvalue weighted by Gasteiger charge is 2.19. The molecule has 0 saturated heterocycles. The maximum atomic E-state index is 12.6. The van der Waals surface area contributed by atoms with Crippen LogP contribution in [0.3, 0.4) is 0 Å². The van der Waals surface area contributed by atoms with Crippen molar-refractivity contribution in [1.82, 2.24) is 19.6 Å². The molecule has 0 unspecified atom stereocenters. The maximum Gasteiger partial charge on any atom is 0.260 e. The average molecular weight is 457 g/mol. The van der Waals surface area contributed by atoms with Gasteiger partial charge in [0.2, 0.25) is 0 Å². The van der Waals surface area contributed by atoms with Gasteiger partial charge in [-0.1, -0.05) is 29.3 Å². The van der Waals surface area contributed by atoms with E-state index < -0.39 is 0 Å². The summed E-state index contributed by atoms with van der Waals surface area (Å²) in [7, 11) is 1.81. The number of aromatic nitrogens is 4. The lowest BCUT2D eigenvalue weighted by molar-refractivity contribution is 0.102. The first-order valence-corrected chi connectivity index (χ1v) is 9.29. The molecule has 136 valence electrons. The van der Waals surface area contributed by atoms with Crippen LogP contribution >= 0.6 is 39.1 Å². The second kappa shape index (κ2) is 7.42. The molecule has 0 aliphatic rings. The van der Waals surface area contributed by atoms with E-state index in [2.05, 4.69) is 31.4 Å². The zero-order chi connectivity index (χ0) is 19.0. The van der Waals surface area contributed by atoms with Crippen molar-refractivity contribution in [3.05, 3.63) is 61.4 Å². The molecule has 0 saturated carbocycles. The minimum Gasteiger partial charge on any atom is -0.304 e. The van der Waals surface area contributed by atoms with Crippen LogP contribution in [0.4, 0.5) is 5.82 Å². The summed E-state index contributed by atoms with van der Waals surface area (Å²) in [6, 6.07) is 5.42. The number of nitrogens with one attached hydrogen (secondary N) is 1. The highest BCUT2D eigenvalue weighted by molar-refractivity contribution is 9.10. The van der Waals surface area contributed by atoms with E-state index in [4.69, 9.17) is 23.2 Å². The Hall–Kier alpha value is -1.83. The predicted molar refractivity (Wildman–Crippen MR) is 106 cm³/mol. The lowest BCUT2D eigenvalue weighted by atomic mass is 10.2. The van der Waals surface area contributed by atoms with Gasteiger partial charge in [0.25, 0.3) is 5.91 Å². The van der Waals surface area contributed by atoms with Crippen LogP contribution in [0.1, 0.15) is 27.3 Å². The normalized spacial score (nSPS) is 11.0. The summed E-state index contributed by atoms with van der Waals surface area (Å²) in [4.78, 5) is 12.6. The smallest absolute Gasteiger partial charge is 0.260 e. The molecule has 1 amide bonds. The Balaban J connectivity index is 1.79. The van der Waals surface area contributed by atoms with E-state index in [0.717, 1.165) is 11.3 Å². The van der Waals surface area contributed by atoms with E-state index in [-0.39, 0.29) is 5.91 Å². The minimum absolute atomic E-state index is 0.242. The fraction of sp³-hybridized carbons (Fsp3) is 0.235. The Morgan fingerprint density at radius 1 is 1.23 bits per heavy atom. The summed E-state index contributed by atoms with van der Waals surface area (Å²) in [5, 5.41) is 12.5. The summed E-state index contributed by atoms with van der Waals surface area (Å²) in [6.45, 7) is 4.16. The predicted octanol–water partition coefficient (Wildman–Crippen LogP) is 4.60. The number of carbonyl (C=O) groups is 1. The Morgan fingerprint density at radius 3 is 2.58 bits per heavy atom. The number of nitrogens with zero attached hydrogens (tertiary/aromatic N) is 4. The molecule has 0 spiro atoms. The number of aryl methyl sites for hydroxylation is 2. The molecule has 2 aromatic heterocycles. The third kappa shape index (κ3) is 3.79. The molecule has 6 nitrogen and oxygen atoms in total. The van der Waals surface area contributed by atoms with E-state index in [0.29, 0.717) is 38.1 Å². The van der Waals surface area contributed by atoms with Gasteiger partial charge in [0.1, 0.15) is 0 Å². The minimum atomic E-state index is -0.242. The van der Waals surface area contributed by atoms with Crippen LogP contribution in [0.2, 0.25) is 10.0 Å². The van der Waals surface area contributed by atoms with Gasteiger partial charge in [-0.25, -0.2) is 0 Å². The fourth-order valence-corrected chi connectivity index (χ4v) is 3.40. The number of hydrogen-bond acceptors (Lipinski definition) is 3. The van der Waals surface area contributed by atoms with Gasteiger partial charge in [0.05, 0.1) is 32.3 Å². The summed E-state index contributed by atoms with van der Waals surface area (Å²) in [6.07, 6.45) is 1.79. The van der Waals surface area contributed by atoms with E-state index in [9.17, 15) is 4.79 Å². The van der Waals surface area contributed by atoms with Crippen LogP contribution in [0.5, 0.6) is 0 Å². The highest BCUT2D eigenvalue weighted by atomic mass is 79.9. The van der Waals surface area contributed by atoms with Crippen molar-refractivity contribution in [3.63, 3.8) is 0 Å². The fourth-order valence-electron chi connectivity index (χ4n) is 2.66. The molecule has 3 rings (SSSR count). The van der Waals surface area contributed by atoms with Gasteiger partial charge in [-0.15, -0.1) is 0 Å². The first-order valence-electron chi connectivity index (χ1n) is 7.74. The standard InChI is InChI=1S/C17H16BrCl2N5O/c1-9-15(10(2)24(3)22-9)17(26)21-16-12(18)8-25(23-16)7-11-4-5-13(19)14(20)6-11/h4-6,8H,7H2,1-3H3,(H,21,23,26). The van der Waals surface area contributed by atoms with E-state index in [1.807, 2.05) is 13.0 Å². The molecular weight excluding hydrogens is 441 g/mol. The van der Waals surface area contributed by atoms with Gasteiger partial charge in [0, 0.05) is 18.9 Å². The van der Waals surface area contributed by atoms with Crippen LogP contribution in [0.15, 0.2) is 28.9 Å². The van der Waals surface area contributed by atoms with Gasteiger partial charge in [-0.3, -0.25) is 14.2 Å². The van der Waals surface area contributed by atoms with E-state index in [1.165, 1.54) is 0 Å². The van der Waals surface area contributed by atoms with Crippen LogP contribution in [-0.4, -0.2) is 25.5 Å². The monoisotopic (exact) mass is 455 g/mol. The summed E-state index contributed by atoms with van der Waals surface area (Å²) >= 11 is 15.4. The number of hydrogen-bond donors (Lipinski definition) is 1. The molecule has 0 bridgehead atoms. The second-order valence-electron chi connectivity index (χ2n) is 5.90. The van der Waals surface area contributed by atoms with Crippen molar-refractivity contribution >= 4 is 50.9 Å². The van der Waals surface area contributed by atoms with E-state index in [1.54, 1.807) is 41.7 Å². The first kappa shape index (κ1) is 18.9. The third-order valence-corrected chi connectivity index (χ3v) is 5.33. The molecule has 0 atom stereocenters.